The first-order chi connectivity index (χ1) is 17.5. The zero-order valence-corrected chi connectivity index (χ0v) is 22.5. The standard InChI is InChI=1S/C26H28AsFN5O2S/c28-18-14-17(5-6-20(18)35-11-10-33-8-1-2-9-33)27-26-30-19-7-12-36-23(19)25(32-26)31-22-16-4-3-15(13-16)21(22)24(29)34/h3-7,12,14-16,21-22H,1-2,8-11,13H2,(H2,29,34)(H,30,31,32). The number of allylic oxidation sites excluding steroid dienone is 1. The van der Waals surface area contributed by atoms with Crippen LogP contribution in [-0.4, -0.2) is 68.8 Å². The molecule has 6 rings (SSSR count). The number of primary amides is 1. The Morgan fingerprint density at radius 2 is 2.06 bits per heavy atom. The van der Waals surface area contributed by atoms with Crippen LogP contribution in [0.4, 0.5) is 10.2 Å². The number of ether oxygens (including phenoxy) is 1. The van der Waals surface area contributed by atoms with Crippen LogP contribution >= 0.6 is 11.3 Å². The average Bonchev–Trinajstić information content (AvgIpc) is 3.65. The van der Waals surface area contributed by atoms with E-state index in [4.69, 9.17) is 20.4 Å². The second-order valence-corrected chi connectivity index (χ2v) is 13.0. The number of halogens is 1. The van der Waals surface area contributed by atoms with Crippen molar-refractivity contribution in [3.05, 3.63) is 47.6 Å². The molecule has 1 amide bonds. The summed E-state index contributed by atoms with van der Waals surface area (Å²) < 4.78 is 23.0. The quantitative estimate of drug-likeness (QED) is 0.303. The van der Waals surface area contributed by atoms with Crippen LogP contribution in [0.25, 0.3) is 10.2 Å². The predicted molar refractivity (Wildman–Crippen MR) is 141 cm³/mol. The molecule has 7 nitrogen and oxygen atoms in total. The molecule has 4 atom stereocenters. The number of amides is 1. The van der Waals surface area contributed by atoms with Gasteiger partial charge in [0.2, 0.25) is 0 Å². The van der Waals surface area contributed by atoms with Gasteiger partial charge in [-0.1, -0.05) is 0 Å². The molecule has 4 unspecified atom stereocenters. The van der Waals surface area contributed by atoms with Gasteiger partial charge in [-0.15, -0.1) is 0 Å². The molecule has 2 aliphatic carbocycles. The van der Waals surface area contributed by atoms with Crippen LogP contribution in [-0.2, 0) is 4.79 Å². The van der Waals surface area contributed by atoms with Gasteiger partial charge in [0.1, 0.15) is 0 Å². The Balaban J connectivity index is 1.18. The molecule has 3 N–H and O–H groups in total. The van der Waals surface area contributed by atoms with Gasteiger partial charge in [0.25, 0.3) is 0 Å². The van der Waals surface area contributed by atoms with Crippen LogP contribution in [0.2, 0.25) is 0 Å². The molecule has 3 aliphatic rings. The molecule has 36 heavy (non-hydrogen) atoms. The molecule has 2 fully saturated rings. The van der Waals surface area contributed by atoms with E-state index in [0.717, 1.165) is 46.4 Å². The Labute approximate surface area is 220 Å². The molecule has 1 saturated carbocycles. The second kappa shape index (κ2) is 10.1. The van der Waals surface area contributed by atoms with Crippen molar-refractivity contribution >= 4 is 58.0 Å². The van der Waals surface area contributed by atoms with Gasteiger partial charge in [0.15, 0.2) is 0 Å². The third-order valence-electron chi connectivity index (χ3n) is 7.39. The Kier molecular flexibility index (Phi) is 6.71. The van der Waals surface area contributed by atoms with Crippen molar-refractivity contribution in [1.82, 2.24) is 14.9 Å². The first kappa shape index (κ1) is 23.9. The summed E-state index contributed by atoms with van der Waals surface area (Å²) in [6, 6.07) is 7.07. The molecule has 3 heterocycles. The molecular weight excluding hydrogens is 540 g/mol. The Morgan fingerprint density at radius 3 is 2.86 bits per heavy atom. The topological polar surface area (TPSA) is 93.4 Å². The molecule has 2 aromatic heterocycles. The number of anilines is 1. The van der Waals surface area contributed by atoms with Gasteiger partial charge in [-0.2, -0.15) is 0 Å². The van der Waals surface area contributed by atoms with Gasteiger partial charge in [-0.3, -0.25) is 0 Å². The zero-order valence-electron chi connectivity index (χ0n) is 19.8. The summed E-state index contributed by atoms with van der Waals surface area (Å²) in [5, 5.41) is 5.54. The van der Waals surface area contributed by atoms with Crippen molar-refractivity contribution in [3.63, 3.8) is 0 Å². The van der Waals surface area contributed by atoms with Crippen LogP contribution in [0, 0.1) is 23.6 Å². The molecule has 1 saturated heterocycles. The SMILES string of the molecule is NC(=O)C1C2C=CC(C2)C1Nc1nc([As]c2ccc(OCCN3CCCC3)c(F)c2)nc2ccsc12. The number of nitrogens with one attached hydrogen (secondary N) is 1. The number of aromatic nitrogens is 2. The maximum atomic E-state index is 14.8. The van der Waals surface area contributed by atoms with E-state index in [2.05, 4.69) is 22.4 Å². The fraction of sp³-hybridized carbons (Fsp3) is 0.423. The first-order valence-electron chi connectivity index (χ1n) is 12.4. The summed E-state index contributed by atoms with van der Waals surface area (Å²) in [6.07, 6.45) is 7.69. The number of likely N-dealkylation sites (tertiary alicyclic amines) is 1. The van der Waals surface area contributed by atoms with Crippen molar-refractivity contribution < 1.29 is 13.9 Å². The van der Waals surface area contributed by atoms with Crippen molar-refractivity contribution in [2.45, 2.75) is 25.3 Å². The van der Waals surface area contributed by atoms with E-state index >= 15 is 0 Å². The van der Waals surface area contributed by atoms with Crippen molar-refractivity contribution in [2.75, 3.05) is 31.6 Å². The molecular formula is C26H28AsFN5O2S. The second-order valence-electron chi connectivity index (χ2n) is 9.68. The van der Waals surface area contributed by atoms with E-state index in [1.165, 1.54) is 12.8 Å². The van der Waals surface area contributed by atoms with Gasteiger partial charge in [-0.25, -0.2) is 0 Å². The number of hydrogen-bond acceptors (Lipinski definition) is 7. The maximum absolute atomic E-state index is 14.8. The first-order valence-corrected chi connectivity index (χ1v) is 15.2. The molecule has 1 radical (unpaired) electrons. The molecule has 10 heteroatoms. The Morgan fingerprint density at radius 1 is 1.22 bits per heavy atom. The van der Waals surface area contributed by atoms with Crippen LogP contribution in [0.5, 0.6) is 5.75 Å². The van der Waals surface area contributed by atoms with Gasteiger partial charge < -0.3 is 0 Å². The number of carbonyl (C=O) groups excluding carboxylic acids is 1. The van der Waals surface area contributed by atoms with Crippen molar-refractivity contribution in [2.24, 2.45) is 23.5 Å². The van der Waals surface area contributed by atoms with Crippen LogP contribution in [0.3, 0.4) is 0 Å². The third-order valence-corrected chi connectivity index (χ3v) is 10.3. The predicted octanol–water partition coefficient (Wildman–Crippen LogP) is 2.05. The summed E-state index contributed by atoms with van der Waals surface area (Å²) >= 11 is 0.938. The zero-order chi connectivity index (χ0) is 24.6. The number of hydrogen-bond donors (Lipinski definition) is 2. The van der Waals surface area contributed by atoms with Crippen LogP contribution in [0.15, 0.2) is 41.8 Å². The number of thiophene rings is 1. The molecule has 1 aliphatic heterocycles. The van der Waals surface area contributed by atoms with Crippen molar-refractivity contribution in [3.8, 4) is 5.75 Å². The molecule has 3 aromatic rings. The molecule has 1 aromatic carbocycles. The van der Waals surface area contributed by atoms with E-state index < -0.39 is 15.8 Å². The number of benzene rings is 1. The van der Waals surface area contributed by atoms with Gasteiger partial charge in [0, 0.05) is 0 Å². The van der Waals surface area contributed by atoms with Crippen LogP contribution < -0.4 is 24.8 Å². The number of nitrogens with zero attached hydrogens (tertiary/aromatic N) is 3. The monoisotopic (exact) mass is 568 g/mol. The third kappa shape index (κ3) is 4.76. The number of nitrogens with two attached hydrogens (primary N) is 1. The van der Waals surface area contributed by atoms with Gasteiger partial charge >= 0.3 is 220 Å². The van der Waals surface area contributed by atoms with E-state index in [1.807, 2.05) is 17.5 Å². The van der Waals surface area contributed by atoms with E-state index in [-0.39, 0.29) is 41.3 Å². The summed E-state index contributed by atoms with van der Waals surface area (Å²) in [6.45, 7) is 3.51. The minimum atomic E-state index is -0.634. The molecule has 0 spiro atoms. The Bertz CT molecular complexity index is 1310. The number of carbonyl (C=O) groups is 1. The number of fused-ring (bicyclic) bond motifs is 3. The Hall–Kier alpha value is -2.48. The summed E-state index contributed by atoms with van der Waals surface area (Å²) in [4.78, 5) is 24.1. The summed E-state index contributed by atoms with van der Waals surface area (Å²) in [5.74, 6) is 0.617. The van der Waals surface area contributed by atoms with Gasteiger partial charge in [-0.05, 0) is 0 Å². The average molecular weight is 569 g/mol. The fourth-order valence-corrected chi connectivity index (χ4v) is 8.25. The molecule has 2 bridgehead atoms. The minimum absolute atomic E-state index is 0.0729. The van der Waals surface area contributed by atoms with E-state index in [0.29, 0.717) is 11.2 Å². The van der Waals surface area contributed by atoms with Crippen LogP contribution in [0.1, 0.15) is 19.3 Å². The van der Waals surface area contributed by atoms with E-state index in [9.17, 15) is 9.18 Å². The number of rotatable bonds is 9. The molecule has 187 valence electrons. The summed E-state index contributed by atoms with van der Waals surface area (Å²) in [5.41, 5.74) is 6.62. The fourth-order valence-electron chi connectivity index (χ4n) is 5.65. The summed E-state index contributed by atoms with van der Waals surface area (Å²) in [7, 11) is 0. The van der Waals surface area contributed by atoms with E-state index in [1.54, 1.807) is 23.5 Å². The van der Waals surface area contributed by atoms with Crippen molar-refractivity contribution in [1.29, 1.82) is 0 Å². The van der Waals surface area contributed by atoms with Gasteiger partial charge in [0.05, 0.1) is 0 Å². The normalized spacial score (nSPS) is 25.5.